The minimum absolute atomic E-state index is 0.0167. The summed E-state index contributed by atoms with van der Waals surface area (Å²) in [4.78, 5) is 24.2. The second kappa shape index (κ2) is 10.2. The van der Waals surface area contributed by atoms with Crippen LogP contribution in [0.5, 0.6) is 0 Å². The Labute approximate surface area is 189 Å². The fourth-order valence-electron chi connectivity index (χ4n) is 2.52. The lowest BCUT2D eigenvalue weighted by atomic mass is 10.2. The summed E-state index contributed by atoms with van der Waals surface area (Å²) >= 11 is 5.95. The Bertz CT molecular complexity index is 1260. The highest BCUT2D eigenvalue weighted by Crippen LogP contribution is 2.22. The normalized spacial score (nSPS) is 11.3. The third-order valence-corrected chi connectivity index (χ3v) is 5.55. The van der Waals surface area contributed by atoms with E-state index >= 15 is 0 Å². The minimum atomic E-state index is -3.53. The van der Waals surface area contributed by atoms with E-state index in [1.165, 1.54) is 12.1 Å². The fraction of sp³-hybridized carbons (Fsp3) is 0.0909. The summed E-state index contributed by atoms with van der Waals surface area (Å²) in [7, 11) is -3.53. The minimum Gasteiger partial charge on any atom is -0.452 e. The van der Waals surface area contributed by atoms with E-state index in [1.54, 1.807) is 24.3 Å². The molecule has 0 aliphatic rings. The summed E-state index contributed by atoms with van der Waals surface area (Å²) in [5.41, 5.74) is 1.64. The number of nitrogens with one attached hydrogen (secondary N) is 1. The van der Waals surface area contributed by atoms with Crippen molar-refractivity contribution in [3.8, 4) is 0 Å². The molecule has 3 aromatic rings. The maximum Gasteiger partial charge on any atom is 0.340 e. The largest absolute Gasteiger partial charge is 0.452 e. The number of halogens is 1. The van der Waals surface area contributed by atoms with Gasteiger partial charge in [0.25, 0.3) is 5.91 Å². The zero-order valence-electron chi connectivity index (χ0n) is 16.9. The van der Waals surface area contributed by atoms with Gasteiger partial charge in [-0.05, 0) is 54.6 Å². The van der Waals surface area contributed by atoms with Gasteiger partial charge >= 0.3 is 5.97 Å². The third-order valence-electron chi connectivity index (χ3n) is 4.11. The molecular weight excluding hydrogens is 454 g/mol. The Morgan fingerprint density at radius 3 is 2.19 bits per heavy atom. The van der Waals surface area contributed by atoms with Crippen molar-refractivity contribution in [2.24, 2.45) is 10.2 Å². The van der Waals surface area contributed by atoms with Crippen molar-refractivity contribution < 1.29 is 22.7 Å². The summed E-state index contributed by atoms with van der Waals surface area (Å²) in [5, 5.41) is 10.8. The maximum absolute atomic E-state index is 12.2. The standard InChI is InChI=1S/C22H18ClN3O5S/c1-32(29,30)18-11-12-20(23)19(13-18)22(28)31-14-21(27)24-15-7-9-17(10-8-15)26-25-16-5-3-2-4-6-16/h2-13H,14H2,1H3,(H,24,27). The molecule has 0 aliphatic carbocycles. The Hall–Kier alpha value is -3.56. The molecule has 3 aromatic carbocycles. The van der Waals surface area contributed by atoms with E-state index in [1.807, 2.05) is 30.3 Å². The van der Waals surface area contributed by atoms with E-state index in [4.69, 9.17) is 16.3 Å². The average Bonchev–Trinajstić information content (AvgIpc) is 2.77. The van der Waals surface area contributed by atoms with Gasteiger partial charge in [-0.3, -0.25) is 4.79 Å². The van der Waals surface area contributed by atoms with Crippen molar-refractivity contribution in [1.82, 2.24) is 0 Å². The molecule has 164 valence electrons. The Balaban J connectivity index is 1.56. The number of amides is 1. The van der Waals surface area contributed by atoms with Gasteiger partial charge in [-0.1, -0.05) is 29.8 Å². The first kappa shape index (κ1) is 23.1. The number of benzene rings is 3. The van der Waals surface area contributed by atoms with Gasteiger partial charge in [-0.25, -0.2) is 13.2 Å². The predicted molar refractivity (Wildman–Crippen MR) is 121 cm³/mol. The summed E-state index contributed by atoms with van der Waals surface area (Å²) < 4.78 is 28.3. The first-order valence-corrected chi connectivity index (χ1v) is 11.5. The van der Waals surface area contributed by atoms with Crippen molar-refractivity contribution in [2.75, 3.05) is 18.2 Å². The van der Waals surface area contributed by atoms with E-state index in [9.17, 15) is 18.0 Å². The first-order chi connectivity index (χ1) is 15.2. The molecule has 0 fully saturated rings. The van der Waals surface area contributed by atoms with Crippen molar-refractivity contribution in [3.05, 3.63) is 83.4 Å². The maximum atomic E-state index is 12.2. The summed E-state index contributed by atoms with van der Waals surface area (Å²) in [6.07, 6.45) is 1.01. The molecule has 32 heavy (non-hydrogen) atoms. The van der Waals surface area contributed by atoms with Crippen LogP contribution in [0.4, 0.5) is 17.1 Å². The first-order valence-electron chi connectivity index (χ1n) is 9.26. The monoisotopic (exact) mass is 471 g/mol. The van der Waals surface area contributed by atoms with Crippen LogP contribution in [0.2, 0.25) is 5.02 Å². The van der Waals surface area contributed by atoms with Gasteiger partial charge in [-0.2, -0.15) is 10.2 Å². The van der Waals surface area contributed by atoms with E-state index in [0.717, 1.165) is 12.3 Å². The van der Waals surface area contributed by atoms with Gasteiger partial charge in [0.1, 0.15) is 0 Å². The van der Waals surface area contributed by atoms with E-state index in [-0.39, 0.29) is 15.5 Å². The van der Waals surface area contributed by atoms with Crippen molar-refractivity contribution in [3.63, 3.8) is 0 Å². The second-order valence-electron chi connectivity index (χ2n) is 6.62. The molecule has 0 bridgehead atoms. The van der Waals surface area contributed by atoms with Crippen LogP contribution in [-0.4, -0.2) is 33.2 Å². The van der Waals surface area contributed by atoms with Crippen LogP contribution in [-0.2, 0) is 19.4 Å². The van der Waals surface area contributed by atoms with Crippen molar-refractivity contribution in [2.45, 2.75) is 4.90 Å². The highest BCUT2D eigenvalue weighted by Gasteiger charge is 2.17. The number of carbonyl (C=O) groups excluding carboxylic acids is 2. The zero-order valence-corrected chi connectivity index (χ0v) is 18.4. The van der Waals surface area contributed by atoms with Crippen molar-refractivity contribution >= 4 is 50.4 Å². The summed E-state index contributed by atoms with van der Waals surface area (Å²) in [6, 6.07) is 19.5. The molecule has 0 aliphatic heterocycles. The molecule has 0 spiro atoms. The molecule has 0 radical (unpaired) electrons. The van der Waals surface area contributed by atoms with Gasteiger partial charge in [0.15, 0.2) is 16.4 Å². The molecule has 0 unspecified atom stereocenters. The van der Waals surface area contributed by atoms with E-state index < -0.39 is 28.3 Å². The third kappa shape index (κ3) is 6.47. The molecule has 1 amide bonds. The molecule has 0 saturated carbocycles. The number of sulfone groups is 1. The van der Waals surface area contributed by atoms with E-state index in [0.29, 0.717) is 17.1 Å². The fourth-order valence-corrected chi connectivity index (χ4v) is 3.36. The molecule has 0 saturated heterocycles. The van der Waals surface area contributed by atoms with Crippen LogP contribution in [0, 0.1) is 0 Å². The quantitative estimate of drug-likeness (QED) is 0.386. The van der Waals surface area contributed by atoms with Crippen LogP contribution in [0.25, 0.3) is 0 Å². The number of hydrogen-bond donors (Lipinski definition) is 1. The number of anilines is 1. The van der Waals surface area contributed by atoms with Crippen LogP contribution in [0.3, 0.4) is 0 Å². The molecule has 8 nitrogen and oxygen atoms in total. The van der Waals surface area contributed by atoms with Gasteiger partial charge in [0, 0.05) is 11.9 Å². The number of rotatable bonds is 7. The molecular formula is C22H18ClN3O5S. The number of esters is 1. The Morgan fingerprint density at radius 2 is 1.56 bits per heavy atom. The number of nitrogens with zero attached hydrogens (tertiary/aromatic N) is 2. The van der Waals surface area contributed by atoms with Gasteiger partial charge in [0.2, 0.25) is 0 Å². The number of azo groups is 1. The predicted octanol–water partition coefficient (Wildman–Crippen LogP) is 4.95. The van der Waals surface area contributed by atoms with Crippen LogP contribution >= 0.6 is 11.6 Å². The molecule has 0 atom stereocenters. The second-order valence-corrected chi connectivity index (χ2v) is 9.04. The lowest BCUT2D eigenvalue weighted by molar-refractivity contribution is -0.119. The van der Waals surface area contributed by atoms with Crippen LogP contribution in [0.1, 0.15) is 10.4 Å². The smallest absolute Gasteiger partial charge is 0.340 e. The van der Waals surface area contributed by atoms with E-state index in [2.05, 4.69) is 15.5 Å². The van der Waals surface area contributed by atoms with Crippen molar-refractivity contribution in [1.29, 1.82) is 0 Å². The molecule has 0 aromatic heterocycles. The topological polar surface area (TPSA) is 114 Å². The highest BCUT2D eigenvalue weighted by atomic mass is 35.5. The average molecular weight is 472 g/mol. The van der Waals surface area contributed by atoms with Gasteiger partial charge in [0.05, 0.1) is 26.9 Å². The highest BCUT2D eigenvalue weighted by molar-refractivity contribution is 7.90. The molecule has 0 heterocycles. The molecule has 10 heteroatoms. The molecule has 3 rings (SSSR count). The zero-order chi connectivity index (χ0) is 23.1. The number of hydrogen-bond acceptors (Lipinski definition) is 7. The number of ether oxygens (including phenoxy) is 1. The lowest BCUT2D eigenvalue weighted by Gasteiger charge is -2.09. The summed E-state index contributed by atoms with van der Waals surface area (Å²) in [5.74, 6) is -1.49. The lowest BCUT2D eigenvalue weighted by Crippen LogP contribution is -2.21. The Morgan fingerprint density at radius 1 is 0.938 bits per heavy atom. The number of carbonyl (C=O) groups is 2. The van der Waals surface area contributed by atoms with Gasteiger partial charge < -0.3 is 10.1 Å². The SMILES string of the molecule is CS(=O)(=O)c1ccc(Cl)c(C(=O)OCC(=O)Nc2ccc(N=Nc3ccccc3)cc2)c1. The van der Waals surface area contributed by atoms with Crippen LogP contribution < -0.4 is 5.32 Å². The van der Waals surface area contributed by atoms with Crippen LogP contribution in [0.15, 0.2) is 87.9 Å². The van der Waals surface area contributed by atoms with Gasteiger partial charge in [-0.15, -0.1) is 0 Å². The summed E-state index contributed by atoms with van der Waals surface area (Å²) in [6.45, 7) is -0.576. The molecule has 1 N–H and O–H groups in total. The Kier molecular flexibility index (Phi) is 7.34.